The Hall–Kier alpha value is -1.07. The highest BCUT2D eigenvalue weighted by Gasteiger charge is 2.03. The van der Waals surface area contributed by atoms with Gasteiger partial charge in [-0.3, -0.25) is 4.18 Å². The van der Waals surface area contributed by atoms with Crippen LogP contribution in [0.25, 0.3) is 0 Å². The molecule has 16 heavy (non-hydrogen) atoms. The van der Waals surface area contributed by atoms with E-state index in [0.29, 0.717) is 0 Å². The highest BCUT2D eigenvalue weighted by atomic mass is 32.2. The Labute approximate surface area is 96.3 Å². The fourth-order valence-electron chi connectivity index (χ4n) is 1.11. The Balaban J connectivity index is 2.58. The molecule has 1 aromatic carbocycles. The van der Waals surface area contributed by atoms with E-state index in [1.54, 1.807) is 24.3 Å². The summed E-state index contributed by atoms with van der Waals surface area (Å²) in [6.45, 7) is 3.95. The molecule has 0 aliphatic heterocycles. The van der Waals surface area contributed by atoms with E-state index in [2.05, 4.69) is 4.18 Å². The predicted molar refractivity (Wildman–Crippen MR) is 61.8 cm³/mol. The lowest BCUT2D eigenvalue weighted by molar-refractivity contribution is 0.242. The molecule has 0 atom stereocenters. The van der Waals surface area contributed by atoms with E-state index in [-0.39, 0.29) is 12.7 Å². The van der Waals surface area contributed by atoms with Crippen LogP contribution in [0.5, 0.6) is 5.75 Å². The Kier molecular flexibility index (Phi) is 4.32. The van der Waals surface area contributed by atoms with Gasteiger partial charge in [0.25, 0.3) is 10.1 Å². The molecular formula is C11H16O4S. The summed E-state index contributed by atoms with van der Waals surface area (Å²) in [6.07, 6.45) is 1.15. The Bertz CT molecular complexity index is 420. The minimum Gasteiger partial charge on any atom is -0.491 e. The molecule has 5 heteroatoms. The molecule has 0 aliphatic rings. The van der Waals surface area contributed by atoms with Crippen molar-refractivity contribution in [3.8, 4) is 5.75 Å². The molecule has 0 fully saturated rings. The third-order valence-corrected chi connectivity index (χ3v) is 2.28. The van der Waals surface area contributed by atoms with E-state index in [4.69, 9.17) is 4.74 Å². The molecule has 90 valence electrons. The van der Waals surface area contributed by atoms with Gasteiger partial charge in [0.1, 0.15) is 5.75 Å². The first-order valence-corrected chi connectivity index (χ1v) is 6.78. The molecule has 0 spiro atoms. The van der Waals surface area contributed by atoms with Crippen LogP contribution in [0.4, 0.5) is 0 Å². The predicted octanol–water partition coefficient (Wildman–Crippen LogP) is 1.95. The second-order valence-corrected chi connectivity index (χ2v) is 5.42. The fraction of sp³-hybridized carbons (Fsp3) is 0.455. The molecule has 0 saturated carbocycles. The summed E-state index contributed by atoms with van der Waals surface area (Å²) >= 11 is 0. The van der Waals surface area contributed by atoms with Crippen LogP contribution < -0.4 is 4.74 Å². The summed E-state index contributed by atoms with van der Waals surface area (Å²) in [5.41, 5.74) is 0.793. The number of hydrogen-bond donors (Lipinski definition) is 0. The third kappa shape index (κ3) is 5.14. The summed E-state index contributed by atoms with van der Waals surface area (Å²) in [5.74, 6) is 0.762. The van der Waals surface area contributed by atoms with Gasteiger partial charge in [0.2, 0.25) is 0 Å². The Morgan fingerprint density at radius 2 is 1.75 bits per heavy atom. The number of benzene rings is 1. The Morgan fingerprint density at radius 1 is 1.19 bits per heavy atom. The average Bonchev–Trinajstić information content (AvgIpc) is 2.14. The van der Waals surface area contributed by atoms with Crippen LogP contribution >= 0.6 is 0 Å². The van der Waals surface area contributed by atoms with Crippen molar-refractivity contribution < 1.29 is 17.3 Å². The number of hydrogen-bond acceptors (Lipinski definition) is 4. The van der Waals surface area contributed by atoms with Gasteiger partial charge in [0.05, 0.1) is 19.0 Å². The summed E-state index contributed by atoms with van der Waals surface area (Å²) in [6, 6.07) is 7.15. The zero-order valence-corrected chi connectivity index (χ0v) is 10.5. The maximum Gasteiger partial charge on any atom is 0.264 e. The van der Waals surface area contributed by atoms with Gasteiger partial charge < -0.3 is 4.74 Å². The summed E-state index contributed by atoms with van der Waals surface area (Å²) < 4.78 is 31.7. The fourth-order valence-corrected chi connectivity index (χ4v) is 1.46. The first-order chi connectivity index (χ1) is 7.37. The van der Waals surface area contributed by atoms with Crippen molar-refractivity contribution in [3.05, 3.63) is 29.8 Å². The maximum absolute atomic E-state index is 10.8. The minimum absolute atomic E-state index is 0.0563. The van der Waals surface area contributed by atoms with Crippen molar-refractivity contribution in [3.63, 3.8) is 0 Å². The van der Waals surface area contributed by atoms with Crippen LogP contribution in [0.1, 0.15) is 19.4 Å². The summed E-state index contributed by atoms with van der Waals surface area (Å²) in [5, 5.41) is 0. The van der Waals surface area contributed by atoms with Crippen LogP contribution in [0.3, 0.4) is 0 Å². The second-order valence-electron chi connectivity index (χ2n) is 3.78. The smallest absolute Gasteiger partial charge is 0.264 e. The zero-order valence-electron chi connectivity index (χ0n) is 9.64. The Morgan fingerprint density at radius 3 is 2.19 bits per heavy atom. The molecule has 0 heterocycles. The monoisotopic (exact) mass is 244 g/mol. The average molecular weight is 244 g/mol. The molecule has 0 saturated heterocycles. The molecule has 0 aliphatic carbocycles. The van der Waals surface area contributed by atoms with Crippen LogP contribution in [-0.2, 0) is 20.9 Å². The van der Waals surface area contributed by atoms with Crippen molar-refractivity contribution >= 4 is 10.1 Å². The van der Waals surface area contributed by atoms with Crippen LogP contribution in [-0.4, -0.2) is 20.8 Å². The van der Waals surface area contributed by atoms with Crippen molar-refractivity contribution in [1.82, 2.24) is 0 Å². The molecule has 0 unspecified atom stereocenters. The molecule has 0 aromatic heterocycles. The van der Waals surface area contributed by atoms with Gasteiger partial charge in [-0.1, -0.05) is 12.1 Å². The summed E-state index contributed by atoms with van der Waals surface area (Å²) in [7, 11) is -3.38. The first-order valence-electron chi connectivity index (χ1n) is 4.97. The summed E-state index contributed by atoms with van der Waals surface area (Å²) in [4.78, 5) is 0. The van der Waals surface area contributed by atoms with Gasteiger partial charge in [-0.25, -0.2) is 0 Å². The van der Waals surface area contributed by atoms with E-state index in [0.717, 1.165) is 17.6 Å². The topological polar surface area (TPSA) is 52.6 Å². The van der Waals surface area contributed by atoms with Crippen molar-refractivity contribution in [2.24, 2.45) is 0 Å². The molecule has 4 nitrogen and oxygen atoms in total. The van der Waals surface area contributed by atoms with Gasteiger partial charge in [0.15, 0.2) is 0 Å². The standard InChI is InChI=1S/C11H16O4S/c1-9(2)15-11-6-4-10(5-7-11)8-14-16(3,12)13/h4-7,9H,8H2,1-3H3. The normalized spacial score (nSPS) is 11.8. The van der Waals surface area contributed by atoms with E-state index >= 15 is 0 Å². The van der Waals surface area contributed by atoms with Crippen molar-refractivity contribution in [1.29, 1.82) is 0 Å². The molecular weight excluding hydrogens is 228 g/mol. The van der Waals surface area contributed by atoms with Crippen molar-refractivity contribution in [2.45, 2.75) is 26.6 Å². The largest absolute Gasteiger partial charge is 0.491 e. The lowest BCUT2D eigenvalue weighted by atomic mass is 10.2. The van der Waals surface area contributed by atoms with Crippen molar-refractivity contribution in [2.75, 3.05) is 6.26 Å². The van der Waals surface area contributed by atoms with Gasteiger partial charge in [-0.2, -0.15) is 8.42 Å². The van der Waals surface area contributed by atoms with E-state index in [1.165, 1.54) is 0 Å². The highest BCUT2D eigenvalue weighted by Crippen LogP contribution is 2.14. The lowest BCUT2D eigenvalue weighted by Crippen LogP contribution is -2.05. The minimum atomic E-state index is -3.38. The highest BCUT2D eigenvalue weighted by molar-refractivity contribution is 7.85. The quantitative estimate of drug-likeness (QED) is 0.743. The van der Waals surface area contributed by atoms with Gasteiger partial charge >= 0.3 is 0 Å². The molecule has 0 radical (unpaired) electrons. The van der Waals surface area contributed by atoms with Crippen LogP contribution in [0.15, 0.2) is 24.3 Å². The molecule has 1 rings (SSSR count). The molecule has 0 amide bonds. The second kappa shape index (κ2) is 5.32. The molecule has 0 bridgehead atoms. The SMILES string of the molecule is CC(C)Oc1ccc(COS(C)(=O)=O)cc1. The van der Waals surface area contributed by atoms with E-state index in [1.807, 2.05) is 13.8 Å². The molecule has 0 N–H and O–H groups in total. The number of ether oxygens (including phenoxy) is 1. The lowest BCUT2D eigenvalue weighted by Gasteiger charge is -2.09. The third-order valence-electron chi connectivity index (χ3n) is 1.73. The first kappa shape index (κ1) is 13.0. The van der Waals surface area contributed by atoms with E-state index in [9.17, 15) is 8.42 Å². The van der Waals surface area contributed by atoms with Crippen LogP contribution in [0, 0.1) is 0 Å². The van der Waals surface area contributed by atoms with Crippen LogP contribution in [0.2, 0.25) is 0 Å². The van der Waals surface area contributed by atoms with E-state index < -0.39 is 10.1 Å². The van der Waals surface area contributed by atoms with Gasteiger partial charge in [-0.15, -0.1) is 0 Å². The zero-order chi connectivity index (χ0) is 12.2. The number of rotatable bonds is 5. The molecule has 1 aromatic rings. The van der Waals surface area contributed by atoms with Gasteiger partial charge in [-0.05, 0) is 31.5 Å². The van der Waals surface area contributed by atoms with Gasteiger partial charge in [0, 0.05) is 0 Å². The maximum atomic E-state index is 10.8.